The molecule has 9 heteroatoms. The van der Waals surface area contributed by atoms with Crippen LogP contribution in [0.5, 0.6) is 0 Å². The molecule has 1 aromatic heterocycles. The van der Waals surface area contributed by atoms with E-state index in [0.717, 1.165) is 38.5 Å². The maximum absolute atomic E-state index is 14.1. The molecule has 0 fully saturated rings. The van der Waals surface area contributed by atoms with Crippen molar-refractivity contribution in [3.8, 4) is 10.4 Å². The van der Waals surface area contributed by atoms with Crippen molar-refractivity contribution in [3.05, 3.63) is 71.8 Å². The van der Waals surface area contributed by atoms with Gasteiger partial charge in [-0.3, -0.25) is 19.3 Å². The average Bonchev–Trinajstić information content (AvgIpc) is 2.96. The minimum Gasteiger partial charge on any atom is -0.355 e. The van der Waals surface area contributed by atoms with E-state index in [9.17, 15) is 19.3 Å². The average molecular weight is 471 g/mol. The SMILES string of the molecule is Cc1cc(I)ccc1Nc1cc(F)c([N+](=O)[O-])cc1-c1cc(=O)[nH]s1. The molecule has 3 aromatic rings. The summed E-state index contributed by atoms with van der Waals surface area (Å²) >= 11 is 3.23. The molecular formula is C16H11FIN3O3S. The molecule has 0 aliphatic heterocycles. The van der Waals surface area contributed by atoms with E-state index in [1.807, 2.05) is 25.1 Å². The first-order valence-corrected chi connectivity index (χ1v) is 8.94. The molecular weight excluding hydrogens is 460 g/mol. The number of rotatable bonds is 4. The molecule has 0 atom stereocenters. The fraction of sp³-hybridized carbons (Fsp3) is 0.0625. The Morgan fingerprint density at radius 2 is 2.00 bits per heavy atom. The number of nitrogens with zero attached hydrogens (tertiary/aromatic N) is 1. The molecule has 2 aromatic carbocycles. The van der Waals surface area contributed by atoms with Crippen LogP contribution in [0.1, 0.15) is 5.56 Å². The summed E-state index contributed by atoms with van der Waals surface area (Å²) in [6, 6.07) is 9.24. The predicted octanol–water partition coefficient (Wildman–Crippen LogP) is 4.81. The molecule has 0 aliphatic rings. The highest BCUT2D eigenvalue weighted by Gasteiger charge is 2.20. The number of H-pyrrole nitrogens is 1. The van der Waals surface area contributed by atoms with Gasteiger partial charge in [-0.2, -0.15) is 4.39 Å². The van der Waals surface area contributed by atoms with Gasteiger partial charge in [-0.1, -0.05) is 11.5 Å². The summed E-state index contributed by atoms with van der Waals surface area (Å²) in [6.45, 7) is 1.90. The first-order chi connectivity index (χ1) is 11.8. The molecule has 0 amide bonds. The Hall–Kier alpha value is -2.27. The van der Waals surface area contributed by atoms with Crippen LogP contribution in [0.2, 0.25) is 0 Å². The van der Waals surface area contributed by atoms with Gasteiger partial charge in [0.1, 0.15) is 0 Å². The molecule has 0 unspecified atom stereocenters. The Kier molecular flexibility index (Phi) is 4.86. The van der Waals surface area contributed by atoms with Crippen LogP contribution in [0.15, 0.2) is 41.2 Å². The molecule has 0 saturated carbocycles. The number of hydrogen-bond acceptors (Lipinski definition) is 5. The lowest BCUT2D eigenvalue weighted by Gasteiger charge is -2.13. The fourth-order valence-electron chi connectivity index (χ4n) is 2.34. The van der Waals surface area contributed by atoms with Crippen molar-refractivity contribution >= 4 is 51.2 Å². The highest BCUT2D eigenvalue weighted by Crippen LogP contribution is 2.37. The molecule has 3 rings (SSSR count). The maximum Gasteiger partial charge on any atom is 0.305 e. The highest BCUT2D eigenvalue weighted by molar-refractivity contribution is 14.1. The zero-order valence-electron chi connectivity index (χ0n) is 12.8. The Morgan fingerprint density at radius 1 is 1.24 bits per heavy atom. The lowest BCUT2D eigenvalue weighted by molar-refractivity contribution is -0.387. The zero-order valence-corrected chi connectivity index (χ0v) is 15.8. The standard InChI is InChI=1S/C16H11FIN3O3S/c1-8-4-9(18)2-3-12(8)19-13-6-11(17)14(21(23)24)5-10(13)15-7-16(22)20-25-15/h2-7,19H,1H3,(H,20,22). The lowest BCUT2D eigenvalue weighted by atomic mass is 10.1. The fourth-order valence-corrected chi connectivity index (χ4v) is 3.70. The van der Waals surface area contributed by atoms with E-state index in [4.69, 9.17) is 0 Å². The quantitative estimate of drug-likeness (QED) is 0.325. The Bertz CT molecular complexity index is 1030. The van der Waals surface area contributed by atoms with E-state index in [-0.39, 0.29) is 5.56 Å². The van der Waals surface area contributed by atoms with E-state index in [0.29, 0.717) is 16.1 Å². The van der Waals surface area contributed by atoms with Crippen LogP contribution in [0, 0.1) is 26.4 Å². The number of nitrogens with one attached hydrogen (secondary N) is 2. The monoisotopic (exact) mass is 471 g/mol. The number of nitro groups is 1. The van der Waals surface area contributed by atoms with Crippen LogP contribution in [-0.4, -0.2) is 9.30 Å². The first-order valence-electron chi connectivity index (χ1n) is 7.05. The summed E-state index contributed by atoms with van der Waals surface area (Å²) in [4.78, 5) is 22.2. The number of hydrogen-bond donors (Lipinski definition) is 2. The van der Waals surface area contributed by atoms with Gasteiger partial charge in [-0.15, -0.1) is 0 Å². The van der Waals surface area contributed by atoms with Gasteiger partial charge in [-0.05, 0) is 53.3 Å². The lowest BCUT2D eigenvalue weighted by Crippen LogP contribution is -2.00. The van der Waals surface area contributed by atoms with Crippen LogP contribution < -0.4 is 10.9 Å². The van der Waals surface area contributed by atoms with Crippen LogP contribution in [0.3, 0.4) is 0 Å². The molecule has 0 aliphatic carbocycles. The van der Waals surface area contributed by atoms with E-state index >= 15 is 0 Å². The summed E-state index contributed by atoms with van der Waals surface area (Å²) in [6.07, 6.45) is 0. The zero-order chi connectivity index (χ0) is 18.1. The second kappa shape index (κ2) is 6.92. The van der Waals surface area contributed by atoms with Crippen molar-refractivity contribution in [3.63, 3.8) is 0 Å². The van der Waals surface area contributed by atoms with Gasteiger partial charge >= 0.3 is 5.69 Å². The maximum atomic E-state index is 14.1. The van der Waals surface area contributed by atoms with E-state index in [1.165, 1.54) is 6.07 Å². The number of benzene rings is 2. The molecule has 128 valence electrons. The number of aromatic nitrogens is 1. The molecule has 6 nitrogen and oxygen atoms in total. The minimum absolute atomic E-state index is 0.316. The van der Waals surface area contributed by atoms with Crippen molar-refractivity contribution in [2.45, 2.75) is 6.92 Å². The number of halogens is 2. The smallest absolute Gasteiger partial charge is 0.305 e. The number of aromatic amines is 1. The first kappa shape index (κ1) is 17.5. The molecule has 1 heterocycles. The summed E-state index contributed by atoms with van der Waals surface area (Å²) in [5, 5.41) is 14.2. The van der Waals surface area contributed by atoms with Crippen molar-refractivity contribution in [2.75, 3.05) is 5.32 Å². The second-order valence-electron chi connectivity index (χ2n) is 5.27. The van der Waals surface area contributed by atoms with Crippen LogP contribution >= 0.6 is 34.1 Å². The summed E-state index contributed by atoms with van der Waals surface area (Å²) in [5.41, 5.74) is 1.47. The molecule has 0 bridgehead atoms. The Labute approximate surface area is 159 Å². The van der Waals surface area contributed by atoms with Crippen LogP contribution in [0.4, 0.5) is 21.5 Å². The predicted molar refractivity (Wildman–Crippen MR) is 104 cm³/mol. The van der Waals surface area contributed by atoms with Gasteiger partial charge < -0.3 is 5.32 Å². The normalized spacial score (nSPS) is 10.7. The Morgan fingerprint density at radius 3 is 2.60 bits per heavy atom. The van der Waals surface area contributed by atoms with E-state index in [1.54, 1.807) is 0 Å². The molecule has 0 radical (unpaired) electrons. The topological polar surface area (TPSA) is 88.0 Å². The van der Waals surface area contributed by atoms with Crippen molar-refractivity contribution < 1.29 is 9.31 Å². The third-order valence-electron chi connectivity index (χ3n) is 3.53. The summed E-state index contributed by atoms with van der Waals surface area (Å²) < 4.78 is 17.7. The van der Waals surface area contributed by atoms with Gasteiger partial charge in [0.05, 0.1) is 15.5 Å². The van der Waals surface area contributed by atoms with Gasteiger partial charge in [-0.25, -0.2) is 0 Å². The van der Waals surface area contributed by atoms with Crippen molar-refractivity contribution in [2.24, 2.45) is 0 Å². The van der Waals surface area contributed by atoms with E-state index in [2.05, 4.69) is 32.3 Å². The molecule has 2 N–H and O–H groups in total. The van der Waals surface area contributed by atoms with Crippen LogP contribution in [0.25, 0.3) is 10.4 Å². The second-order valence-corrected chi connectivity index (χ2v) is 7.36. The van der Waals surface area contributed by atoms with Crippen molar-refractivity contribution in [1.29, 1.82) is 0 Å². The number of aryl methyl sites for hydroxylation is 1. The highest BCUT2D eigenvalue weighted by atomic mass is 127. The largest absolute Gasteiger partial charge is 0.355 e. The molecule has 0 spiro atoms. The third kappa shape index (κ3) is 3.71. The summed E-state index contributed by atoms with van der Waals surface area (Å²) in [5.74, 6) is -0.942. The molecule has 25 heavy (non-hydrogen) atoms. The van der Waals surface area contributed by atoms with Gasteiger partial charge in [0, 0.05) is 33.0 Å². The number of anilines is 2. The van der Waals surface area contributed by atoms with Gasteiger partial charge in [0.2, 0.25) is 5.82 Å². The van der Waals surface area contributed by atoms with Crippen molar-refractivity contribution in [1.82, 2.24) is 4.37 Å². The number of nitro benzene ring substituents is 1. The van der Waals surface area contributed by atoms with Gasteiger partial charge in [0.25, 0.3) is 5.56 Å². The summed E-state index contributed by atoms with van der Waals surface area (Å²) in [7, 11) is 0. The van der Waals surface area contributed by atoms with Crippen LogP contribution in [-0.2, 0) is 0 Å². The van der Waals surface area contributed by atoms with Gasteiger partial charge in [0.15, 0.2) is 0 Å². The van der Waals surface area contributed by atoms with E-state index < -0.39 is 16.4 Å². The Balaban J connectivity index is 2.15. The third-order valence-corrected chi connectivity index (χ3v) is 5.06. The molecule has 0 saturated heterocycles. The minimum atomic E-state index is -0.942.